The molecule has 4 heteroatoms. The van der Waals surface area contributed by atoms with Gasteiger partial charge in [-0.15, -0.1) is 0 Å². The van der Waals surface area contributed by atoms with Crippen LogP contribution in [0.1, 0.15) is 44.2 Å². The summed E-state index contributed by atoms with van der Waals surface area (Å²) < 4.78 is 0. The maximum Gasteiger partial charge on any atom is 0.230 e. The Morgan fingerprint density at radius 3 is 2.64 bits per heavy atom. The Hall–Kier alpha value is -1.39. The third kappa shape index (κ3) is 4.42. The summed E-state index contributed by atoms with van der Waals surface area (Å²) in [5.74, 6) is 0.484. The Labute approximate surface area is 152 Å². The molecule has 0 aliphatic carbocycles. The number of fused-ring (bicyclic) bond motifs is 1. The Morgan fingerprint density at radius 2 is 1.92 bits per heavy atom. The molecule has 0 aromatic heterocycles. The molecule has 1 aromatic rings. The number of carbonyl (C=O) groups excluding carboxylic acids is 1. The van der Waals surface area contributed by atoms with Gasteiger partial charge in [0.25, 0.3) is 0 Å². The first kappa shape index (κ1) is 18.4. The van der Waals surface area contributed by atoms with E-state index in [1.54, 1.807) is 0 Å². The van der Waals surface area contributed by atoms with E-state index in [1.165, 1.54) is 11.1 Å². The molecule has 2 aliphatic rings. The van der Waals surface area contributed by atoms with Crippen molar-refractivity contribution < 1.29 is 4.79 Å². The number of hydrogen-bond donors (Lipinski definition) is 1. The molecule has 138 valence electrons. The average Bonchev–Trinajstić information content (AvgIpc) is 2.67. The van der Waals surface area contributed by atoms with Gasteiger partial charge in [-0.1, -0.05) is 26.0 Å². The van der Waals surface area contributed by atoms with Crippen molar-refractivity contribution in [3.63, 3.8) is 0 Å². The highest BCUT2D eigenvalue weighted by atomic mass is 16.2. The SMILES string of the molecule is CCC(CC)C(=O)N1CCCc2cc(CCN3CCNCC3)ccc21. The lowest BCUT2D eigenvalue weighted by atomic mass is 9.95. The predicted octanol–water partition coefficient (Wildman–Crippen LogP) is 2.85. The van der Waals surface area contributed by atoms with Crippen LogP contribution in [0.5, 0.6) is 0 Å². The van der Waals surface area contributed by atoms with Crippen LogP contribution in [0.15, 0.2) is 18.2 Å². The van der Waals surface area contributed by atoms with E-state index in [4.69, 9.17) is 0 Å². The van der Waals surface area contributed by atoms with Gasteiger partial charge in [0, 0.05) is 50.9 Å². The predicted molar refractivity (Wildman–Crippen MR) is 104 cm³/mol. The fourth-order valence-corrected chi connectivity index (χ4v) is 4.12. The van der Waals surface area contributed by atoms with Crippen LogP contribution in [0.4, 0.5) is 5.69 Å². The summed E-state index contributed by atoms with van der Waals surface area (Å²) in [6, 6.07) is 6.78. The summed E-state index contributed by atoms with van der Waals surface area (Å²) in [4.78, 5) is 17.4. The van der Waals surface area contributed by atoms with Crippen LogP contribution in [-0.4, -0.2) is 50.1 Å². The highest BCUT2D eigenvalue weighted by molar-refractivity contribution is 5.96. The van der Waals surface area contributed by atoms with Gasteiger partial charge in [-0.05, 0) is 49.3 Å². The van der Waals surface area contributed by atoms with Crippen molar-refractivity contribution in [3.05, 3.63) is 29.3 Å². The second-order valence-electron chi connectivity index (χ2n) is 7.41. The summed E-state index contributed by atoms with van der Waals surface area (Å²) in [5, 5.41) is 3.41. The van der Waals surface area contributed by atoms with E-state index < -0.39 is 0 Å². The first-order valence-corrected chi connectivity index (χ1v) is 10.1. The fourth-order valence-electron chi connectivity index (χ4n) is 4.12. The minimum atomic E-state index is 0.165. The fraction of sp³-hybridized carbons (Fsp3) is 0.667. The van der Waals surface area contributed by atoms with Gasteiger partial charge in [-0.25, -0.2) is 0 Å². The van der Waals surface area contributed by atoms with Gasteiger partial charge in [0.05, 0.1) is 0 Å². The Bertz CT molecular complexity index is 577. The molecular weight excluding hydrogens is 310 g/mol. The molecule has 3 rings (SSSR count). The Balaban J connectivity index is 1.68. The van der Waals surface area contributed by atoms with Crippen LogP contribution in [0.2, 0.25) is 0 Å². The normalized spacial score (nSPS) is 18.4. The molecule has 0 unspecified atom stereocenters. The molecule has 1 fully saturated rings. The maximum absolute atomic E-state index is 12.9. The molecule has 2 aliphatic heterocycles. The Morgan fingerprint density at radius 1 is 1.16 bits per heavy atom. The molecule has 0 radical (unpaired) electrons. The van der Waals surface area contributed by atoms with Gasteiger partial charge >= 0.3 is 0 Å². The molecule has 1 aromatic carbocycles. The van der Waals surface area contributed by atoms with Crippen molar-refractivity contribution >= 4 is 11.6 Å². The number of piperazine rings is 1. The molecule has 4 nitrogen and oxygen atoms in total. The molecule has 0 spiro atoms. The zero-order valence-corrected chi connectivity index (χ0v) is 15.9. The topological polar surface area (TPSA) is 35.6 Å². The van der Waals surface area contributed by atoms with Crippen LogP contribution >= 0.6 is 0 Å². The van der Waals surface area contributed by atoms with Crippen molar-refractivity contribution in [2.75, 3.05) is 44.2 Å². The van der Waals surface area contributed by atoms with Gasteiger partial charge in [-0.2, -0.15) is 0 Å². The number of anilines is 1. The average molecular weight is 344 g/mol. The number of nitrogens with zero attached hydrogens (tertiary/aromatic N) is 2. The molecule has 0 atom stereocenters. The largest absolute Gasteiger partial charge is 0.314 e. The van der Waals surface area contributed by atoms with Gasteiger partial charge in [0.15, 0.2) is 0 Å². The quantitative estimate of drug-likeness (QED) is 0.863. The first-order valence-electron chi connectivity index (χ1n) is 10.1. The summed E-state index contributed by atoms with van der Waals surface area (Å²) in [6.45, 7) is 10.8. The molecule has 1 amide bonds. The second kappa shape index (κ2) is 8.81. The van der Waals surface area contributed by atoms with Crippen molar-refractivity contribution in [2.24, 2.45) is 5.92 Å². The first-order chi connectivity index (χ1) is 12.2. The third-order valence-electron chi connectivity index (χ3n) is 5.79. The van der Waals surface area contributed by atoms with E-state index in [2.05, 4.69) is 47.2 Å². The molecule has 25 heavy (non-hydrogen) atoms. The number of hydrogen-bond acceptors (Lipinski definition) is 3. The minimum absolute atomic E-state index is 0.165. The van der Waals surface area contributed by atoms with E-state index in [0.29, 0.717) is 5.91 Å². The molecule has 0 bridgehead atoms. The number of amides is 1. The minimum Gasteiger partial charge on any atom is -0.314 e. The number of rotatable bonds is 6. The molecule has 1 saturated heterocycles. The molecule has 1 N–H and O–H groups in total. The lowest BCUT2D eigenvalue weighted by molar-refractivity contribution is -0.122. The van der Waals surface area contributed by atoms with E-state index in [1.807, 2.05) is 0 Å². The lowest BCUT2D eigenvalue weighted by Crippen LogP contribution is -2.44. The van der Waals surface area contributed by atoms with Crippen LogP contribution < -0.4 is 10.2 Å². The monoisotopic (exact) mass is 343 g/mol. The van der Waals surface area contributed by atoms with Gasteiger partial charge in [0.1, 0.15) is 0 Å². The summed E-state index contributed by atoms with van der Waals surface area (Å²) in [7, 11) is 0. The maximum atomic E-state index is 12.9. The zero-order chi connectivity index (χ0) is 17.6. The number of aryl methyl sites for hydroxylation is 1. The van der Waals surface area contributed by atoms with Gasteiger partial charge in [0.2, 0.25) is 5.91 Å². The molecule has 2 heterocycles. The smallest absolute Gasteiger partial charge is 0.230 e. The van der Waals surface area contributed by atoms with Crippen LogP contribution in [0.25, 0.3) is 0 Å². The van der Waals surface area contributed by atoms with E-state index in [-0.39, 0.29) is 5.92 Å². The number of benzene rings is 1. The van der Waals surface area contributed by atoms with Gasteiger partial charge < -0.3 is 15.1 Å². The van der Waals surface area contributed by atoms with E-state index in [0.717, 1.165) is 77.1 Å². The van der Waals surface area contributed by atoms with Crippen LogP contribution in [-0.2, 0) is 17.6 Å². The summed E-state index contributed by atoms with van der Waals surface area (Å²) in [6.07, 6.45) is 5.16. The zero-order valence-electron chi connectivity index (χ0n) is 15.9. The van der Waals surface area contributed by atoms with Crippen molar-refractivity contribution in [3.8, 4) is 0 Å². The summed E-state index contributed by atoms with van der Waals surface area (Å²) in [5.41, 5.74) is 3.94. The lowest BCUT2D eigenvalue weighted by Gasteiger charge is -2.32. The highest BCUT2D eigenvalue weighted by Gasteiger charge is 2.26. The van der Waals surface area contributed by atoms with Crippen LogP contribution in [0.3, 0.4) is 0 Å². The highest BCUT2D eigenvalue weighted by Crippen LogP contribution is 2.30. The van der Waals surface area contributed by atoms with Crippen molar-refractivity contribution in [2.45, 2.75) is 46.0 Å². The van der Waals surface area contributed by atoms with Crippen LogP contribution in [0, 0.1) is 5.92 Å². The van der Waals surface area contributed by atoms with E-state index in [9.17, 15) is 4.79 Å². The van der Waals surface area contributed by atoms with Crippen molar-refractivity contribution in [1.82, 2.24) is 10.2 Å². The Kier molecular flexibility index (Phi) is 6.49. The number of carbonyl (C=O) groups is 1. The molecular formula is C21H33N3O. The van der Waals surface area contributed by atoms with Gasteiger partial charge in [-0.3, -0.25) is 4.79 Å². The van der Waals surface area contributed by atoms with Crippen molar-refractivity contribution in [1.29, 1.82) is 0 Å². The standard InChI is InChI=1S/C21H33N3O/c1-3-18(4-2)21(25)24-12-5-6-19-16-17(7-8-20(19)24)9-13-23-14-10-22-11-15-23/h7-8,16,18,22H,3-6,9-15H2,1-2H3. The van der Waals surface area contributed by atoms with E-state index >= 15 is 0 Å². The number of nitrogens with one attached hydrogen (secondary N) is 1. The third-order valence-corrected chi connectivity index (χ3v) is 5.79. The summed E-state index contributed by atoms with van der Waals surface area (Å²) >= 11 is 0. The second-order valence-corrected chi connectivity index (χ2v) is 7.41. The molecule has 0 saturated carbocycles.